The molecule has 4 rings (SSSR count). The largest absolute Gasteiger partial charge is 0.419 e. The van der Waals surface area contributed by atoms with Gasteiger partial charge >= 0.3 is 0 Å². The molecule has 1 saturated carbocycles. The van der Waals surface area contributed by atoms with Crippen LogP contribution >= 0.6 is 23.2 Å². The maximum Gasteiger partial charge on any atom is 0.249 e. The molecule has 1 N–H and O–H groups in total. The molecule has 0 saturated heterocycles. The van der Waals surface area contributed by atoms with E-state index in [-0.39, 0.29) is 30.8 Å². The molecule has 1 heterocycles. The third-order valence-corrected chi connectivity index (χ3v) is 5.90. The van der Waals surface area contributed by atoms with Crippen molar-refractivity contribution in [1.29, 1.82) is 0 Å². The molecule has 32 heavy (non-hydrogen) atoms. The number of nitrogens with one attached hydrogen (secondary N) is 1. The maximum atomic E-state index is 13.3. The highest BCUT2D eigenvalue weighted by Gasteiger charge is 2.35. The highest BCUT2D eigenvalue weighted by atomic mass is 35.5. The summed E-state index contributed by atoms with van der Waals surface area (Å²) in [5, 5.41) is 12.0. The summed E-state index contributed by atoms with van der Waals surface area (Å²) in [6.07, 6.45) is 1.90. The number of carbonyl (C=O) groups excluding carboxylic acids is 2. The molecule has 1 atom stereocenters. The van der Waals surface area contributed by atoms with Crippen molar-refractivity contribution in [2.75, 3.05) is 0 Å². The average molecular weight is 473 g/mol. The minimum Gasteiger partial charge on any atom is -0.419 e. The van der Waals surface area contributed by atoms with E-state index >= 15 is 0 Å². The van der Waals surface area contributed by atoms with Crippen LogP contribution in [-0.2, 0) is 16.1 Å². The van der Waals surface area contributed by atoms with Gasteiger partial charge < -0.3 is 14.6 Å². The molecule has 2 aromatic carbocycles. The molecule has 166 valence electrons. The molecule has 0 radical (unpaired) electrons. The smallest absolute Gasteiger partial charge is 0.249 e. The average Bonchev–Trinajstić information content (AvgIpc) is 3.49. The van der Waals surface area contributed by atoms with E-state index in [0.717, 1.165) is 12.8 Å². The molecule has 3 aromatic rings. The highest BCUT2D eigenvalue weighted by Crippen LogP contribution is 2.32. The van der Waals surface area contributed by atoms with Gasteiger partial charge in [-0.05, 0) is 36.6 Å². The van der Waals surface area contributed by atoms with Crippen LogP contribution in [0.3, 0.4) is 0 Å². The van der Waals surface area contributed by atoms with Crippen LogP contribution in [0.2, 0.25) is 10.0 Å². The lowest BCUT2D eigenvalue weighted by Gasteiger charge is -2.25. The summed E-state index contributed by atoms with van der Waals surface area (Å²) >= 11 is 12.5. The van der Waals surface area contributed by atoms with Crippen LogP contribution in [0.15, 0.2) is 52.9 Å². The number of halogens is 2. The van der Waals surface area contributed by atoms with Gasteiger partial charge in [0, 0.05) is 18.0 Å². The lowest BCUT2D eigenvalue weighted by atomic mass is 10.0. The van der Waals surface area contributed by atoms with Gasteiger partial charge in [0.15, 0.2) is 0 Å². The Balaban J connectivity index is 1.51. The van der Waals surface area contributed by atoms with Crippen molar-refractivity contribution in [3.05, 3.63) is 70.0 Å². The molecule has 1 fully saturated rings. The van der Waals surface area contributed by atoms with E-state index < -0.39 is 6.04 Å². The fourth-order valence-corrected chi connectivity index (χ4v) is 4.03. The number of amides is 2. The molecule has 1 unspecified atom stereocenters. The van der Waals surface area contributed by atoms with Crippen molar-refractivity contribution in [2.45, 2.75) is 44.8 Å². The predicted molar refractivity (Wildman–Crippen MR) is 121 cm³/mol. The number of aromatic nitrogens is 2. The Kier molecular flexibility index (Phi) is 6.77. The first-order chi connectivity index (χ1) is 15.4. The fourth-order valence-electron chi connectivity index (χ4n) is 3.55. The summed E-state index contributed by atoms with van der Waals surface area (Å²) < 4.78 is 5.79. The summed E-state index contributed by atoms with van der Waals surface area (Å²) in [6, 6.07) is 14.0. The zero-order valence-corrected chi connectivity index (χ0v) is 18.9. The third kappa shape index (κ3) is 5.29. The normalized spacial score (nSPS) is 14.1. The van der Waals surface area contributed by atoms with Crippen molar-refractivity contribution in [3.63, 3.8) is 0 Å². The Morgan fingerprint density at radius 1 is 1.09 bits per heavy atom. The molecule has 2 amide bonds. The van der Waals surface area contributed by atoms with Gasteiger partial charge in [-0.25, -0.2) is 0 Å². The zero-order chi connectivity index (χ0) is 22.7. The SMILES string of the molecule is CC(=O)NC(CC(=O)N(Cc1nnc(-c2ccccc2Cl)o1)C1CC1)c1ccccc1Cl. The first kappa shape index (κ1) is 22.3. The van der Waals surface area contributed by atoms with Crippen molar-refractivity contribution in [2.24, 2.45) is 0 Å². The second-order valence-electron chi connectivity index (χ2n) is 7.71. The van der Waals surface area contributed by atoms with Gasteiger partial charge in [-0.1, -0.05) is 53.5 Å². The van der Waals surface area contributed by atoms with E-state index in [1.165, 1.54) is 6.92 Å². The Morgan fingerprint density at radius 3 is 2.44 bits per heavy atom. The van der Waals surface area contributed by atoms with Gasteiger partial charge in [-0.15, -0.1) is 10.2 Å². The number of benzene rings is 2. The zero-order valence-electron chi connectivity index (χ0n) is 17.4. The van der Waals surface area contributed by atoms with E-state index in [1.54, 1.807) is 29.2 Å². The van der Waals surface area contributed by atoms with Crippen molar-refractivity contribution in [3.8, 4) is 11.5 Å². The van der Waals surface area contributed by atoms with Gasteiger partial charge in [0.1, 0.15) is 0 Å². The minimum absolute atomic E-state index is 0.0747. The number of carbonyl (C=O) groups is 2. The van der Waals surface area contributed by atoms with Crippen LogP contribution in [0, 0.1) is 0 Å². The minimum atomic E-state index is -0.531. The number of hydrogen-bond donors (Lipinski definition) is 1. The summed E-state index contributed by atoms with van der Waals surface area (Å²) in [7, 11) is 0. The van der Waals surface area contributed by atoms with Crippen LogP contribution in [0.1, 0.15) is 43.7 Å². The van der Waals surface area contributed by atoms with Gasteiger partial charge in [0.2, 0.25) is 23.6 Å². The fraction of sp³-hybridized carbons (Fsp3) is 0.304. The second-order valence-corrected chi connectivity index (χ2v) is 8.53. The molecular formula is C23H22Cl2N4O3. The lowest BCUT2D eigenvalue weighted by Crippen LogP contribution is -2.37. The first-order valence-electron chi connectivity index (χ1n) is 10.3. The standard InChI is InChI=1S/C23H22Cl2N4O3/c1-14(30)26-20(16-6-2-4-8-18(16)24)12-22(31)29(15-10-11-15)13-21-27-28-23(32-21)17-7-3-5-9-19(17)25/h2-9,15,20H,10-13H2,1H3,(H,26,30). The van der Waals surface area contributed by atoms with Crippen molar-refractivity contribution < 1.29 is 14.0 Å². The first-order valence-corrected chi connectivity index (χ1v) is 11.1. The van der Waals surface area contributed by atoms with Gasteiger partial charge in [0.05, 0.1) is 29.6 Å². The molecule has 1 aromatic heterocycles. The lowest BCUT2D eigenvalue weighted by molar-refractivity contribution is -0.133. The molecular weight excluding hydrogens is 451 g/mol. The van der Waals surface area contributed by atoms with Crippen LogP contribution in [0.4, 0.5) is 0 Å². The van der Waals surface area contributed by atoms with Crippen LogP contribution < -0.4 is 5.32 Å². The summed E-state index contributed by atoms with van der Waals surface area (Å²) in [5.74, 6) is 0.278. The van der Waals surface area contributed by atoms with Gasteiger partial charge in [-0.3, -0.25) is 9.59 Å². The molecule has 1 aliphatic carbocycles. The molecule has 0 bridgehead atoms. The summed E-state index contributed by atoms with van der Waals surface area (Å²) in [6.45, 7) is 1.61. The van der Waals surface area contributed by atoms with Gasteiger partial charge in [0.25, 0.3) is 0 Å². The molecule has 7 nitrogen and oxygen atoms in total. The Labute approximate surface area is 195 Å². The Morgan fingerprint density at radius 2 is 1.78 bits per heavy atom. The van der Waals surface area contributed by atoms with E-state index in [0.29, 0.717) is 33.0 Å². The quantitative estimate of drug-likeness (QED) is 0.508. The maximum absolute atomic E-state index is 13.3. The van der Waals surface area contributed by atoms with E-state index in [9.17, 15) is 9.59 Å². The summed E-state index contributed by atoms with van der Waals surface area (Å²) in [4.78, 5) is 26.8. The molecule has 9 heteroatoms. The third-order valence-electron chi connectivity index (χ3n) is 5.22. The van der Waals surface area contributed by atoms with Crippen LogP contribution in [0.25, 0.3) is 11.5 Å². The molecule has 0 spiro atoms. The monoisotopic (exact) mass is 472 g/mol. The van der Waals surface area contributed by atoms with E-state index in [2.05, 4.69) is 15.5 Å². The number of rotatable bonds is 8. The molecule has 1 aliphatic rings. The summed E-state index contributed by atoms with van der Waals surface area (Å²) in [5.41, 5.74) is 1.34. The van der Waals surface area contributed by atoms with Crippen molar-refractivity contribution in [1.82, 2.24) is 20.4 Å². The number of nitrogens with zero attached hydrogens (tertiary/aromatic N) is 3. The number of hydrogen-bond acceptors (Lipinski definition) is 5. The van der Waals surface area contributed by atoms with Crippen molar-refractivity contribution >= 4 is 35.0 Å². The van der Waals surface area contributed by atoms with Gasteiger partial charge in [-0.2, -0.15) is 0 Å². The predicted octanol–water partition coefficient (Wildman–Crippen LogP) is 4.80. The Bertz CT molecular complexity index is 1130. The topological polar surface area (TPSA) is 88.3 Å². The highest BCUT2D eigenvalue weighted by molar-refractivity contribution is 6.33. The van der Waals surface area contributed by atoms with E-state index in [4.69, 9.17) is 27.6 Å². The Hall–Kier alpha value is -2.90. The van der Waals surface area contributed by atoms with Crippen LogP contribution in [-0.4, -0.2) is 33.0 Å². The van der Waals surface area contributed by atoms with E-state index in [1.807, 2.05) is 24.3 Å². The second kappa shape index (κ2) is 9.71. The molecule has 0 aliphatic heterocycles. The van der Waals surface area contributed by atoms with Crippen LogP contribution in [0.5, 0.6) is 0 Å².